The topological polar surface area (TPSA) is 92.8 Å². The van der Waals surface area contributed by atoms with Gasteiger partial charge in [-0.25, -0.2) is 17.6 Å². The van der Waals surface area contributed by atoms with Crippen LogP contribution in [0, 0.1) is 5.82 Å². The van der Waals surface area contributed by atoms with E-state index in [4.69, 9.17) is 11.6 Å². The Labute approximate surface area is 160 Å². The number of esters is 1. The maximum atomic E-state index is 13.2. The van der Waals surface area contributed by atoms with E-state index in [-0.39, 0.29) is 22.0 Å². The van der Waals surface area contributed by atoms with Gasteiger partial charge in [-0.1, -0.05) is 11.6 Å². The highest BCUT2D eigenvalue weighted by Gasteiger charge is 2.21. The number of ether oxygens (including phenoxy) is 1. The zero-order valence-electron chi connectivity index (χ0n) is 14.4. The van der Waals surface area contributed by atoms with Crippen LogP contribution in [-0.2, 0) is 19.6 Å². The standard InChI is InChI=1S/C17H16ClFN2O5S/c1-26-17(23)11-3-6-13(7-4-11)21(27(2,24)25)10-16(22)20-12-5-8-15(19)14(18)9-12/h3-9H,10H2,1-2H3,(H,20,22). The molecule has 2 aromatic carbocycles. The number of carbonyl (C=O) groups is 2. The van der Waals surface area contributed by atoms with E-state index in [0.717, 1.165) is 16.6 Å². The van der Waals surface area contributed by atoms with Crippen molar-refractivity contribution >= 4 is 44.9 Å². The fourth-order valence-electron chi connectivity index (χ4n) is 2.19. The largest absolute Gasteiger partial charge is 0.465 e. The third-order valence-corrected chi connectivity index (χ3v) is 4.90. The number of amides is 1. The minimum Gasteiger partial charge on any atom is -0.465 e. The lowest BCUT2D eigenvalue weighted by molar-refractivity contribution is -0.114. The molecule has 0 bridgehead atoms. The smallest absolute Gasteiger partial charge is 0.337 e. The lowest BCUT2D eigenvalue weighted by Gasteiger charge is -2.22. The molecule has 1 amide bonds. The van der Waals surface area contributed by atoms with Gasteiger partial charge in [0.1, 0.15) is 12.4 Å². The molecular formula is C17H16ClFN2O5S. The number of anilines is 2. The number of benzene rings is 2. The Hall–Kier alpha value is -2.65. The number of rotatable bonds is 6. The van der Waals surface area contributed by atoms with Crippen molar-refractivity contribution in [3.63, 3.8) is 0 Å². The van der Waals surface area contributed by atoms with Gasteiger partial charge in [-0.3, -0.25) is 9.10 Å². The molecular weight excluding hydrogens is 399 g/mol. The van der Waals surface area contributed by atoms with Crippen molar-refractivity contribution in [3.8, 4) is 0 Å². The van der Waals surface area contributed by atoms with Crippen molar-refractivity contribution in [1.82, 2.24) is 0 Å². The molecule has 7 nitrogen and oxygen atoms in total. The Morgan fingerprint density at radius 1 is 1.19 bits per heavy atom. The Morgan fingerprint density at radius 2 is 1.81 bits per heavy atom. The van der Waals surface area contributed by atoms with Gasteiger partial charge in [0.25, 0.3) is 0 Å². The predicted molar refractivity (Wildman–Crippen MR) is 100 cm³/mol. The van der Waals surface area contributed by atoms with E-state index in [1.54, 1.807) is 0 Å². The van der Waals surface area contributed by atoms with Gasteiger partial charge < -0.3 is 10.1 Å². The Bertz CT molecular complexity index is 964. The quantitative estimate of drug-likeness (QED) is 0.733. The fourth-order valence-corrected chi connectivity index (χ4v) is 3.22. The summed E-state index contributed by atoms with van der Waals surface area (Å²) in [7, 11) is -2.56. The van der Waals surface area contributed by atoms with Gasteiger partial charge in [0.05, 0.1) is 29.6 Å². The number of nitrogens with zero attached hydrogens (tertiary/aromatic N) is 1. The van der Waals surface area contributed by atoms with Crippen LogP contribution in [0.25, 0.3) is 0 Å². The molecule has 1 N–H and O–H groups in total. The van der Waals surface area contributed by atoms with E-state index in [9.17, 15) is 22.4 Å². The summed E-state index contributed by atoms with van der Waals surface area (Å²) in [5.41, 5.74) is 0.651. The molecule has 2 rings (SSSR count). The fraction of sp³-hybridized carbons (Fsp3) is 0.176. The van der Waals surface area contributed by atoms with Gasteiger partial charge in [0.2, 0.25) is 15.9 Å². The van der Waals surface area contributed by atoms with Gasteiger partial charge in [-0.2, -0.15) is 0 Å². The number of carbonyl (C=O) groups excluding carboxylic acids is 2. The van der Waals surface area contributed by atoms with Crippen molar-refractivity contribution in [2.75, 3.05) is 29.5 Å². The molecule has 0 aromatic heterocycles. The first-order valence-electron chi connectivity index (χ1n) is 7.53. The van der Waals surface area contributed by atoms with Crippen LogP contribution in [-0.4, -0.2) is 40.2 Å². The van der Waals surface area contributed by atoms with Crippen molar-refractivity contribution in [2.45, 2.75) is 0 Å². The number of methoxy groups -OCH3 is 1. The molecule has 0 saturated heterocycles. The number of nitrogens with one attached hydrogen (secondary N) is 1. The van der Waals surface area contributed by atoms with Crippen molar-refractivity contribution in [2.24, 2.45) is 0 Å². The van der Waals surface area contributed by atoms with Crippen LogP contribution < -0.4 is 9.62 Å². The summed E-state index contributed by atoms with van der Waals surface area (Å²) >= 11 is 5.65. The highest BCUT2D eigenvalue weighted by Crippen LogP contribution is 2.21. The number of halogens is 2. The molecule has 0 unspecified atom stereocenters. The van der Waals surface area contributed by atoms with Gasteiger partial charge in [0.15, 0.2) is 0 Å². The van der Waals surface area contributed by atoms with Gasteiger partial charge >= 0.3 is 5.97 Å². The Kier molecular flexibility index (Phi) is 6.40. The Morgan fingerprint density at radius 3 is 2.33 bits per heavy atom. The summed E-state index contributed by atoms with van der Waals surface area (Å²) in [6, 6.07) is 9.14. The summed E-state index contributed by atoms with van der Waals surface area (Å²) in [5.74, 6) is -1.86. The number of hydrogen-bond acceptors (Lipinski definition) is 5. The van der Waals surface area contributed by atoms with Crippen LogP contribution >= 0.6 is 11.6 Å². The summed E-state index contributed by atoms with van der Waals surface area (Å²) in [5, 5.41) is 2.28. The predicted octanol–water partition coefficient (Wildman–Crippen LogP) is 2.67. The van der Waals surface area contributed by atoms with Crippen LogP contribution in [0.4, 0.5) is 15.8 Å². The summed E-state index contributed by atoms with van der Waals surface area (Å²) in [6.45, 7) is -0.522. The van der Waals surface area contributed by atoms with E-state index in [0.29, 0.717) is 0 Å². The van der Waals surface area contributed by atoms with E-state index < -0.39 is 34.3 Å². The lowest BCUT2D eigenvalue weighted by atomic mass is 10.2. The second-order valence-electron chi connectivity index (χ2n) is 5.49. The molecule has 0 spiro atoms. The maximum Gasteiger partial charge on any atom is 0.337 e. The molecule has 0 aliphatic heterocycles. The molecule has 27 heavy (non-hydrogen) atoms. The van der Waals surface area contributed by atoms with Gasteiger partial charge in [0, 0.05) is 5.69 Å². The molecule has 144 valence electrons. The highest BCUT2D eigenvalue weighted by atomic mass is 35.5. The lowest BCUT2D eigenvalue weighted by Crippen LogP contribution is -2.37. The summed E-state index contributed by atoms with van der Waals surface area (Å²) in [6.07, 6.45) is 0.948. The van der Waals surface area contributed by atoms with Gasteiger partial charge in [-0.15, -0.1) is 0 Å². The third kappa shape index (κ3) is 5.41. The molecule has 0 fully saturated rings. The number of hydrogen-bond donors (Lipinski definition) is 1. The molecule has 0 aliphatic rings. The second kappa shape index (κ2) is 8.36. The van der Waals surface area contributed by atoms with Crippen LogP contribution in [0.3, 0.4) is 0 Å². The SMILES string of the molecule is COC(=O)c1ccc(N(CC(=O)Nc2ccc(F)c(Cl)c2)S(C)(=O)=O)cc1. The van der Waals surface area contributed by atoms with Crippen molar-refractivity contribution < 1.29 is 27.1 Å². The molecule has 10 heteroatoms. The van der Waals surface area contributed by atoms with Crippen molar-refractivity contribution in [3.05, 3.63) is 58.9 Å². The minimum atomic E-state index is -3.79. The number of sulfonamides is 1. The van der Waals surface area contributed by atoms with Crippen LogP contribution in [0.15, 0.2) is 42.5 Å². The van der Waals surface area contributed by atoms with E-state index >= 15 is 0 Å². The molecule has 0 aliphatic carbocycles. The molecule has 0 atom stereocenters. The zero-order valence-corrected chi connectivity index (χ0v) is 16.0. The molecule has 0 radical (unpaired) electrons. The van der Waals surface area contributed by atoms with E-state index in [1.807, 2.05) is 0 Å². The Balaban J connectivity index is 2.20. The third-order valence-electron chi connectivity index (χ3n) is 3.47. The van der Waals surface area contributed by atoms with E-state index in [1.165, 1.54) is 43.5 Å². The van der Waals surface area contributed by atoms with Crippen molar-refractivity contribution in [1.29, 1.82) is 0 Å². The molecule has 0 saturated carbocycles. The highest BCUT2D eigenvalue weighted by molar-refractivity contribution is 7.92. The first kappa shape index (κ1) is 20.7. The van der Waals surface area contributed by atoms with Crippen LogP contribution in [0.1, 0.15) is 10.4 Å². The molecule has 2 aromatic rings. The zero-order chi connectivity index (χ0) is 20.2. The average molecular weight is 415 g/mol. The summed E-state index contributed by atoms with van der Waals surface area (Å²) in [4.78, 5) is 23.7. The van der Waals surface area contributed by atoms with E-state index in [2.05, 4.69) is 10.1 Å². The molecule has 0 heterocycles. The second-order valence-corrected chi connectivity index (χ2v) is 7.80. The first-order chi connectivity index (χ1) is 12.6. The first-order valence-corrected chi connectivity index (χ1v) is 9.75. The van der Waals surface area contributed by atoms with Crippen LogP contribution in [0.5, 0.6) is 0 Å². The maximum absolute atomic E-state index is 13.2. The average Bonchev–Trinajstić information content (AvgIpc) is 2.61. The summed E-state index contributed by atoms with van der Waals surface area (Å²) < 4.78 is 42.8. The monoisotopic (exact) mass is 414 g/mol. The van der Waals surface area contributed by atoms with Gasteiger partial charge in [-0.05, 0) is 42.5 Å². The normalized spacial score (nSPS) is 11.0. The minimum absolute atomic E-state index is 0.175. The van der Waals surface area contributed by atoms with Crippen LogP contribution in [0.2, 0.25) is 5.02 Å².